The normalized spacial score (nSPS) is 16.2. The van der Waals surface area contributed by atoms with Crippen molar-refractivity contribution in [1.82, 2.24) is 20.4 Å². The van der Waals surface area contributed by atoms with Crippen molar-refractivity contribution in [3.05, 3.63) is 90.1 Å². The van der Waals surface area contributed by atoms with Gasteiger partial charge in [0.25, 0.3) is 5.91 Å². The Hall–Kier alpha value is -3.71. The summed E-state index contributed by atoms with van der Waals surface area (Å²) in [4.78, 5) is 19.0. The SMILES string of the molecule is O=C(NCCN1CCC(c2ccccc2)C1)c1cc(COc2cccc3cnccc23)on1. The van der Waals surface area contributed by atoms with Crippen molar-refractivity contribution in [2.45, 2.75) is 18.9 Å². The summed E-state index contributed by atoms with van der Waals surface area (Å²) in [7, 11) is 0. The van der Waals surface area contributed by atoms with E-state index in [9.17, 15) is 4.79 Å². The molecule has 5 rings (SSSR count). The molecule has 1 atom stereocenters. The van der Waals surface area contributed by atoms with Crippen LogP contribution in [0, 0.1) is 0 Å². The van der Waals surface area contributed by atoms with Gasteiger partial charge in [-0.2, -0.15) is 0 Å². The number of hydrogen-bond acceptors (Lipinski definition) is 6. The summed E-state index contributed by atoms with van der Waals surface area (Å²) in [6.07, 6.45) is 4.68. The van der Waals surface area contributed by atoms with Crippen molar-refractivity contribution in [3.8, 4) is 5.75 Å². The molecule has 2 aromatic carbocycles. The Morgan fingerprint density at radius 1 is 1.15 bits per heavy atom. The third kappa shape index (κ3) is 5.04. The number of pyridine rings is 1. The maximum atomic E-state index is 12.5. The number of amides is 1. The summed E-state index contributed by atoms with van der Waals surface area (Å²) in [6, 6.07) is 20.0. The predicted molar refractivity (Wildman–Crippen MR) is 125 cm³/mol. The van der Waals surface area contributed by atoms with Crippen LogP contribution < -0.4 is 10.1 Å². The van der Waals surface area contributed by atoms with Gasteiger partial charge in [-0.15, -0.1) is 0 Å². The lowest BCUT2D eigenvalue weighted by Gasteiger charge is -2.16. The molecule has 1 N–H and O–H groups in total. The van der Waals surface area contributed by atoms with Gasteiger partial charge in [0.2, 0.25) is 0 Å². The van der Waals surface area contributed by atoms with Gasteiger partial charge in [0.1, 0.15) is 12.4 Å². The molecule has 3 heterocycles. The minimum Gasteiger partial charge on any atom is -0.485 e. The van der Waals surface area contributed by atoms with E-state index in [-0.39, 0.29) is 18.2 Å². The minimum atomic E-state index is -0.236. The highest BCUT2D eigenvalue weighted by molar-refractivity contribution is 5.92. The van der Waals surface area contributed by atoms with Crippen molar-refractivity contribution >= 4 is 16.7 Å². The molecule has 168 valence electrons. The quantitative estimate of drug-likeness (QED) is 0.444. The van der Waals surface area contributed by atoms with Crippen LogP contribution >= 0.6 is 0 Å². The molecular weight excluding hydrogens is 416 g/mol. The van der Waals surface area contributed by atoms with Crippen molar-refractivity contribution in [3.63, 3.8) is 0 Å². The number of rotatable bonds is 8. The molecule has 0 spiro atoms. The van der Waals surface area contributed by atoms with Crippen LogP contribution in [0.25, 0.3) is 10.8 Å². The molecule has 0 aliphatic carbocycles. The highest BCUT2D eigenvalue weighted by Crippen LogP contribution is 2.27. The van der Waals surface area contributed by atoms with Gasteiger partial charge in [0.05, 0.1) is 0 Å². The lowest BCUT2D eigenvalue weighted by Crippen LogP contribution is -2.33. The molecule has 0 saturated carbocycles. The predicted octanol–water partition coefficient (Wildman–Crippen LogP) is 4.02. The zero-order valence-electron chi connectivity index (χ0n) is 18.3. The number of likely N-dealkylation sites (tertiary alicyclic amines) is 1. The first kappa shape index (κ1) is 21.2. The van der Waals surface area contributed by atoms with E-state index in [0.717, 1.165) is 42.6 Å². The lowest BCUT2D eigenvalue weighted by molar-refractivity contribution is 0.0940. The topological polar surface area (TPSA) is 80.5 Å². The zero-order valence-corrected chi connectivity index (χ0v) is 18.3. The van der Waals surface area contributed by atoms with Crippen LogP contribution in [-0.4, -0.2) is 47.1 Å². The molecule has 0 radical (unpaired) electrons. The molecule has 1 unspecified atom stereocenters. The third-order valence-corrected chi connectivity index (χ3v) is 6.06. The van der Waals surface area contributed by atoms with Gasteiger partial charge in [-0.1, -0.05) is 47.6 Å². The van der Waals surface area contributed by atoms with E-state index in [1.54, 1.807) is 18.5 Å². The number of nitrogens with zero attached hydrogens (tertiary/aromatic N) is 3. The molecular formula is C26H26N4O3. The molecule has 1 aliphatic rings. The van der Waals surface area contributed by atoms with Gasteiger partial charge in [0, 0.05) is 48.9 Å². The van der Waals surface area contributed by atoms with Crippen LogP contribution in [0.1, 0.15) is 34.2 Å². The van der Waals surface area contributed by atoms with Crippen LogP contribution in [0.2, 0.25) is 0 Å². The summed E-state index contributed by atoms with van der Waals surface area (Å²) < 4.78 is 11.2. The highest BCUT2D eigenvalue weighted by Gasteiger charge is 2.23. The monoisotopic (exact) mass is 442 g/mol. The summed E-state index contributed by atoms with van der Waals surface area (Å²) in [5.74, 6) is 1.56. The summed E-state index contributed by atoms with van der Waals surface area (Å²) in [5.41, 5.74) is 1.65. The number of carbonyl (C=O) groups excluding carboxylic acids is 1. The number of benzene rings is 2. The fraction of sp³-hybridized carbons (Fsp3) is 0.269. The largest absolute Gasteiger partial charge is 0.485 e. The van der Waals surface area contributed by atoms with Crippen molar-refractivity contribution in [2.75, 3.05) is 26.2 Å². The van der Waals surface area contributed by atoms with Crippen LogP contribution in [0.3, 0.4) is 0 Å². The Kier molecular flexibility index (Phi) is 6.30. The molecule has 1 amide bonds. The summed E-state index contributed by atoms with van der Waals surface area (Å²) in [6.45, 7) is 3.65. The zero-order chi connectivity index (χ0) is 22.5. The maximum Gasteiger partial charge on any atom is 0.273 e. The second-order valence-corrected chi connectivity index (χ2v) is 8.27. The Bertz CT molecular complexity index is 1220. The molecule has 0 bridgehead atoms. The van der Waals surface area contributed by atoms with E-state index in [0.29, 0.717) is 18.2 Å². The molecule has 7 nitrogen and oxygen atoms in total. The van der Waals surface area contributed by atoms with Gasteiger partial charge in [0.15, 0.2) is 11.5 Å². The van der Waals surface area contributed by atoms with Crippen molar-refractivity contribution in [1.29, 1.82) is 0 Å². The van der Waals surface area contributed by atoms with Gasteiger partial charge in [-0.05, 0) is 36.6 Å². The Morgan fingerprint density at radius 3 is 2.97 bits per heavy atom. The van der Waals surface area contributed by atoms with E-state index < -0.39 is 0 Å². The standard InChI is InChI=1S/C26H26N4O3/c31-26(28-12-14-30-13-10-21(17-30)19-5-2-1-3-6-19)24-15-22(33-29-24)18-32-25-8-4-7-20-16-27-11-9-23(20)25/h1-9,11,15-16,21H,10,12-14,17-18H2,(H,28,31). The first-order chi connectivity index (χ1) is 16.3. The smallest absolute Gasteiger partial charge is 0.273 e. The molecule has 1 saturated heterocycles. The second kappa shape index (κ2) is 9.83. The van der Waals surface area contributed by atoms with Gasteiger partial charge >= 0.3 is 0 Å². The number of nitrogens with one attached hydrogen (secondary N) is 1. The van der Waals surface area contributed by atoms with Crippen molar-refractivity contribution in [2.24, 2.45) is 0 Å². The molecule has 7 heteroatoms. The molecule has 4 aromatic rings. The van der Waals surface area contributed by atoms with Crippen LogP contribution in [-0.2, 0) is 6.61 Å². The molecule has 1 fully saturated rings. The number of hydrogen-bond donors (Lipinski definition) is 1. The van der Waals surface area contributed by atoms with E-state index in [1.807, 2.05) is 24.3 Å². The third-order valence-electron chi connectivity index (χ3n) is 6.06. The Balaban J connectivity index is 1.09. The number of ether oxygens (including phenoxy) is 1. The van der Waals surface area contributed by atoms with Crippen molar-refractivity contribution < 1.29 is 14.1 Å². The van der Waals surface area contributed by atoms with E-state index >= 15 is 0 Å². The maximum absolute atomic E-state index is 12.5. The summed E-state index contributed by atoms with van der Waals surface area (Å²) in [5, 5.41) is 8.82. The second-order valence-electron chi connectivity index (χ2n) is 8.27. The van der Waals surface area contributed by atoms with Gasteiger partial charge in [-0.25, -0.2) is 0 Å². The molecule has 2 aromatic heterocycles. The van der Waals surface area contributed by atoms with E-state index in [2.05, 4.69) is 50.7 Å². The van der Waals surface area contributed by atoms with Crippen LogP contribution in [0.5, 0.6) is 5.75 Å². The number of carbonyl (C=O) groups is 1. The Morgan fingerprint density at radius 2 is 2.06 bits per heavy atom. The molecule has 1 aliphatic heterocycles. The van der Waals surface area contributed by atoms with Crippen LogP contribution in [0.4, 0.5) is 0 Å². The Labute approximate surface area is 192 Å². The average Bonchev–Trinajstić information content (AvgIpc) is 3.53. The van der Waals surface area contributed by atoms with E-state index in [4.69, 9.17) is 9.26 Å². The van der Waals surface area contributed by atoms with E-state index in [1.165, 1.54) is 5.56 Å². The molecule has 33 heavy (non-hydrogen) atoms. The van der Waals surface area contributed by atoms with Crippen LogP contribution in [0.15, 0.2) is 77.6 Å². The number of aromatic nitrogens is 2. The van der Waals surface area contributed by atoms with Gasteiger partial charge < -0.3 is 19.5 Å². The number of fused-ring (bicyclic) bond motifs is 1. The fourth-order valence-electron chi connectivity index (χ4n) is 4.31. The van der Waals surface area contributed by atoms with Gasteiger partial charge in [-0.3, -0.25) is 9.78 Å². The minimum absolute atomic E-state index is 0.191. The first-order valence-corrected chi connectivity index (χ1v) is 11.2. The highest BCUT2D eigenvalue weighted by atomic mass is 16.5. The fourth-order valence-corrected chi connectivity index (χ4v) is 4.31. The first-order valence-electron chi connectivity index (χ1n) is 11.2. The summed E-state index contributed by atoms with van der Waals surface area (Å²) >= 11 is 0. The average molecular weight is 443 g/mol. The lowest BCUT2D eigenvalue weighted by atomic mass is 9.99.